The Bertz CT molecular complexity index is 1020. The molecule has 0 radical (unpaired) electrons. The van der Waals surface area contributed by atoms with Gasteiger partial charge < -0.3 is 13.9 Å². The molecule has 0 saturated carbocycles. The molecule has 0 spiro atoms. The minimum absolute atomic E-state index is 0.0295. The van der Waals surface area contributed by atoms with Crippen LogP contribution < -0.4 is 14.9 Å². The SMILES string of the molecule is COc1ccc2c(=O)c(Oc3cc(C)cc(C)c3)c(C(F)(F)F)oc2c1. The summed E-state index contributed by atoms with van der Waals surface area (Å²) in [6.45, 7) is 3.55. The van der Waals surface area contributed by atoms with E-state index < -0.39 is 23.1 Å². The van der Waals surface area contributed by atoms with Gasteiger partial charge in [0.25, 0.3) is 5.76 Å². The van der Waals surface area contributed by atoms with E-state index in [1.807, 2.05) is 6.07 Å². The molecule has 3 rings (SSSR count). The Balaban J connectivity index is 2.25. The van der Waals surface area contributed by atoms with E-state index in [0.717, 1.165) is 11.1 Å². The highest BCUT2D eigenvalue weighted by Gasteiger charge is 2.40. The summed E-state index contributed by atoms with van der Waals surface area (Å²) in [5.74, 6) is -1.97. The molecule has 0 aliphatic carbocycles. The highest BCUT2D eigenvalue weighted by Crippen LogP contribution is 2.38. The van der Waals surface area contributed by atoms with Crippen LogP contribution in [0, 0.1) is 13.8 Å². The van der Waals surface area contributed by atoms with E-state index >= 15 is 0 Å². The van der Waals surface area contributed by atoms with Crippen molar-refractivity contribution in [2.75, 3.05) is 7.11 Å². The maximum absolute atomic E-state index is 13.5. The number of halogens is 3. The first-order chi connectivity index (χ1) is 12.2. The van der Waals surface area contributed by atoms with E-state index in [1.54, 1.807) is 26.0 Å². The van der Waals surface area contributed by atoms with Crippen LogP contribution in [0.1, 0.15) is 16.9 Å². The van der Waals surface area contributed by atoms with Crippen LogP contribution in [0.25, 0.3) is 11.0 Å². The molecule has 26 heavy (non-hydrogen) atoms. The molecule has 0 amide bonds. The molecular formula is C19H15F3O4. The predicted molar refractivity (Wildman–Crippen MR) is 90.0 cm³/mol. The fourth-order valence-electron chi connectivity index (χ4n) is 2.67. The molecule has 7 heteroatoms. The molecule has 0 aliphatic rings. The number of hydrogen-bond acceptors (Lipinski definition) is 4. The lowest BCUT2D eigenvalue weighted by Crippen LogP contribution is -2.15. The number of methoxy groups -OCH3 is 1. The quantitative estimate of drug-likeness (QED) is 0.639. The van der Waals surface area contributed by atoms with E-state index in [2.05, 4.69) is 0 Å². The number of benzene rings is 2. The molecule has 3 aromatic rings. The van der Waals surface area contributed by atoms with E-state index in [0.29, 0.717) is 0 Å². The summed E-state index contributed by atoms with van der Waals surface area (Å²) >= 11 is 0. The number of ether oxygens (including phenoxy) is 2. The number of hydrogen-bond donors (Lipinski definition) is 0. The van der Waals surface area contributed by atoms with Gasteiger partial charge in [0, 0.05) is 6.07 Å². The summed E-state index contributed by atoms with van der Waals surface area (Å²) in [7, 11) is 1.36. The monoisotopic (exact) mass is 364 g/mol. The van der Waals surface area contributed by atoms with Crippen molar-refractivity contribution in [3.05, 3.63) is 63.5 Å². The standard InChI is InChI=1S/C19H15F3O4/c1-10-6-11(2)8-13(7-10)25-17-16(23)14-5-4-12(24-3)9-15(14)26-18(17)19(20,21)22/h4-9H,1-3H3. The molecule has 1 heterocycles. The molecule has 136 valence electrons. The number of aryl methyl sites for hydroxylation is 2. The second kappa shape index (κ2) is 6.40. The molecule has 0 unspecified atom stereocenters. The maximum atomic E-state index is 13.5. The van der Waals surface area contributed by atoms with E-state index in [4.69, 9.17) is 13.9 Å². The highest BCUT2D eigenvalue weighted by molar-refractivity contribution is 5.79. The Hall–Kier alpha value is -2.96. The first-order valence-corrected chi connectivity index (χ1v) is 7.67. The van der Waals surface area contributed by atoms with E-state index in [1.165, 1.54) is 25.3 Å². The summed E-state index contributed by atoms with van der Waals surface area (Å²) in [5, 5.41) is -0.0295. The largest absolute Gasteiger partial charge is 0.497 e. The molecule has 0 bridgehead atoms. The second-order valence-electron chi connectivity index (χ2n) is 5.87. The second-order valence-corrected chi connectivity index (χ2v) is 5.87. The summed E-state index contributed by atoms with van der Waals surface area (Å²) < 4.78 is 55.7. The molecular weight excluding hydrogens is 349 g/mol. The minimum atomic E-state index is -4.90. The van der Waals surface area contributed by atoms with Crippen LogP contribution in [0.15, 0.2) is 45.6 Å². The zero-order chi connectivity index (χ0) is 19.1. The van der Waals surface area contributed by atoms with Gasteiger partial charge >= 0.3 is 6.18 Å². The lowest BCUT2D eigenvalue weighted by Gasteiger charge is -2.14. The van der Waals surface area contributed by atoms with Crippen LogP contribution >= 0.6 is 0 Å². The number of alkyl halides is 3. The molecule has 0 saturated heterocycles. The average molecular weight is 364 g/mol. The van der Waals surface area contributed by atoms with Crippen molar-refractivity contribution in [3.63, 3.8) is 0 Å². The van der Waals surface area contributed by atoms with Crippen molar-refractivity contribution in [1.29, 1.82) is 0 Å². The van der Waals surface area contributed by atoms with Gasteiger partial charge in [0.2, 0.25) is 11.2 Å². The molecule has 4 nitrogen and oxygen atoms in total. The Morgan fingerprint density at radius 2 is 1.62 bits per heavy atom. The van der Waals surface area contributed by atoms with Crippen LogP contribution in [0.4, 0.5) is 13.2 Å². The van der Waals surface area contributed by atoms with Gasteiger partial charge in [-0.1, -0.05) is 6.07 Å². The van der Waals surface area contributed by atoms with Crippen LogP contribution in [0.3, 0.4) is 0 Å². The van der Waals surface area contributed by atoms with E-state index in [-0.39, 0.29) is 22.5 Å². The zero-order valence-corrected chi connectivity index (χ0v) is 14.2. The topological polar surface area (TPSA) is 48.7 Å². The third-order valence-electron chi connectivity index (χ3n) is 3.73. The molecule has 1 aromatic heterocycles. The first kappa shape index (κ1) is 17.8. The molecule has 0 aliphatic heterocycles. The van der Waals surface area contributed by atoms with Gasteiger partial charge in [0.05, 0.1) is 12.5 Å². The molecule has 0 N–H and O–H groups in total. The van der Waals surface area contributed by atoms with Crippen LogP contribution in [-0.2, 0) is 6.18 Å². The third-order valence-corrected chi connectivity index (χ3v) is 3.73. The van der Waals surface area contributed by atoms with Crippen molar-refractivity contribution in [2.24, 2.45) is 0 Å². The number of rotatable bonds is 3. The Labute approximate surface area is 146 Å². The van der Waals surface area contributed by atoms with E-state index in [9.17, 15) is 18.0 Å². The van der Waals surface area contributed by atoms with Crippen molar-refractivity contribution in [1.82, 2.24) is 0 Å². The van der Waals surface area contributed by atoms with Crippen LogP contribution in [-0.4, -0.2) is 7.11 Å². The van der Waals surface area contributed by atoms with Crippen LogP contribution in [0.5, 0.6) is 17.2 Å². The fraction of sp³-hybridized carbons (Fsp3) is 0.211. The van der Waals surface area contributed by atoms with Crippen molar-refractivity contribution in [2.45, 2.75) is 20.0 Å². The van der Waals surface area contributed by atoms with Crippen molar-refractivity contribution >= 4 is 11.0 Å². The summed E-state index contributed by atoms with van der Waals surface area (Å²) in [5.41, 5.74) is 0.460. The lowest BCUT2D eigenvalue weighted by molar-refractivity contribution is -0.154. The molecule has 0 atom stereocenters. The maximum Gasteiger partial charge on any atom is 0.453 e. The fourth-order valence-corrected chi connectivity index (χ4v) is 2.67. The molecule has 0 fully saturated rings. The summed E-state index contributed by atoms with van der Waals surface area (Å²) in [6.07, 6.45) is -4.90. The highest BCUT2D eigenvalue weighted by atomic mass is 19.4. The third kappa shape index (κ3) is 3.37. The van der Waals surface area contributed by atoms with Crippen LogP contribution in [0.2, 0.25) is 0 Å². The van der Waals surface area contributed by atoms with Crippen molar-refractivity contribution in [3.8, 4) is 17.2 Å². The number of fused-ring (bicyclic) bond motifs is 1. The smallest absolute Gasteiger partial charge is 0.453 e. The Morgan fingerprint density at radius 3 is 2.19 bits per heavy atom. The van der Waals surface area contributed by atoms with Gasteiger partial charge in [0.1, 0.15) is 17.1 Å². The first-order valence-electron chi connectivity index (χ1n) is 7.67. The molecule has 2 aromatic carbocycles. The normalized spacial score (nSPS) is 11.6. The van der Waals surface area contributed by atoms with Gasteiger partial charge in [-0.25, -0.2) is 0 Å². The lowest BCUT2D eigenvalue weighted by atomic mass is 10.1. The average Bonchev–Trinajstić information content (AvgIpc) is 2.54. The summed E-state index contributed by atoms with van der Waals surface area (Å²) in [6, 6.07) is 8.97. The Kier molecular flexibility index (Phi) is 4.39. The van der Waals surface area contributed by atoms with Crippen molar-refractivity contribution < 1.29 is 27.1 Å². The van der Waals surface area contributed by atoms with Gasteiger partial charge in [-0.2, -0.15) is 13.2 Å². The zero-order valence-electron chi connectivity index (χ0n) is 14.2. The predicted octanol–water partition coefficient (Wildman–Crippen LogP) is 5.23. The Morgan fingerprint density at radius 1 is 0.962 bits per heavy atom. The van der Waals surface area contributed by atoms with Gasteiger partial charge in [0.15, 0.2) is 0 Å². The van der Waals surface area contributed by atoms with Gasteiger partial charge in [-0.15, -0.1) is 0 Å². The minimum Gasteiger partial charge on any atom is -0.497 e. The summed E-state index contributed by atoms with van der Waals surface area (Å²) in [4.78, 5) is 12.6. The van der Waals surface area contributed by atoms with Gasteiger partial charge in [-0.05, 0) is 49.2 Å². The van der Waals surface area contributed by atoms with Gasteiger partial charge in [-0.3, -0.25) is 4.79 Å².